The predicted octanol–water partition coefficient (Wildman–Crippen LogP) is 3.28. The molecule has 2 aromatic carbocycles. The summed E-state index contributed by atoms with van der Waals surface area (Å²) < 4.78 is 11.8. The highest BCUT2D eigenvalue weighted by molar-refractivity contribution is 5.87. The average Bonchev–Trinajstić information content (AvgIpc) is 2.62. The van der Waals surface area contributed by atoms with E-state index in [1.54, 1.807) is 0 Å². The molecule has 112 valence electrons. The molecule has 1 saturated heterocycles. The summed E-state index contributed by atoms with van der Waals surface area (Å²) in [7, 11) is 0. The van der Waals surface area contributed by atoms with Gasteiger partial charge in [-0.25, -0.2) is 0 Å². The molecule has 2 aliphatic heterocycles. The van der Waals surface area contributed by atoms with Crippen molar-refractivity contribution in [2.24, 2.45) is 0 Å². The minimum Gasteiger partial charge on any atom is -0.470 e. The highest BCUT2D eigenvalue weighted by Gasteiger charge is 2.30. The fraction of sp³-hybridized carbons (Fsp3) is 0.263. The van der Waals surface area contributed by atoms with Crippen LogP contribution in [0.1, 0.15) is 11.1 Å². The molecule has 2 aromatic rings. The number of hydrogen-bond acceptors (Lipinski definition) is 3. The van der Waals surface area contributed by atoms with E-state index >= 15 is 0 Å². The van der Waals surface area contributed by atoms with Crippen LogP contribution < -0.4 is 4.74 Å². The first-order valence-electron chi connectivity index (χ1n) is 7.76. The number of morpholine rings is 1. The number of nitrogens with zero attached hydrogens (tertiary/aromatic N) is 1. The third kappa shape index (κ3) is 2.54. The first kappa shape index (κ1) is 13.6. The largest absolute Gasteiger partial charge is 0.470 e. The van der Waals surface area contributed by atoms with Crippen LogP contribution in [0.4, 0.5) is 0 Å². The Morgan fingerprint density at radius 1 is 0.864 bits per heavy atom. The Kier molecular flexibility index (Phi) is 3.67. The molecule has 3 nitrogen and oxygen atoms in total. The van der Waals surface area contributed by atoms with Gasteiger partial charge in [-0.15, -0.1) is 0 Å². The zero-order chi connectivity index (χ0) is 14.8. The van der Waals surface area contributed by atoms with E-state index in [0.717, 1.165) is 37.6 Å². The summed E-state index contributed by atoms with van der Waals surface area (Å²) in [4.78, 5) is 2.36. The van der Waals surface area contributed by atoms with E-state index in [0.29, 0.717) is 0 Å². The summed E-state index contributed by atoms with van der Waals surface area (Å²) in [6.07, 6.45) is 2.22. The maximum atomic E-state index is 6.34. The van der Waals surface area contributed by atoms with E-state index in [9.17, 15) is 0 Å². The Labute approximate surface area is 130 Å². The Hall–Kier alpha value is -2.10. The highest BCUT2D eigenvalue weighted by Crippen LogP contribution is 2.35. The van der Waals surface area contributed by atoms with Crippen molar-refractivity contribution in [3.05, 3.63) is 65.7 Å². The SMILES string of the molecule is C1=C(c2ccccc2)[C@H](N2CCOCC2)Oc2ccccc21. The van der Waals surface area contributed by atoms with Gasteiger partial charge >= 0.3 is 0 Å². The van der Waals surface area contributed by atoms with Gasteiger partial charge in [-0.1, -0.05) is 48.5 Å². The summed E-state index contributed by atoms with van der Waals surface area (Å²) in [5.41, 5.74) is 3.58. The van der Waals surface area contributed by atoms with Gasteiger partial charge in [0.1, 0.15) is 5.75 Å². The molecule has 0 aliphatic carbocycles. The van der Waals surface area contributed by atoms with E-state index in [2.05, 4.69) is 47.4 Å². The van der Waals surface area contributed by atoms with Gasteiger partial charge in [-0.2, -0.15) is 0 Å². The van der Waals surface area contributed by atoms with E-state index in [-0.39, 0.29) is 6.23 Å². The van der Waals surface area contributed by atoms with Gasteiger partial charge in [0.25, 0.3) is 0 Å². The molecule has 1 fully saturated rings. The van der Waals surface area contributed by atoms with Gasteiger partial charge in [0.2, 0.25) is 0 Å². The maximum absolute atomic E-state index is 6.34. The van der Waals surface area contributed by atoms with Crippen LogP contribution in [0, 0.1) is 0 Å². The van der Waals surface area contributed by atoms with Crippen molar-refractivity contribution in [3.8, 4) is 5.75 Å². The van der Waals surface area contributed by atoms with Crippen molar-refractivity contribution in [2.45, 2.75) is 6.23 Å². The first-order valence-corrected chi connectivity index (χ1v) is 7.76. The van der Waals surface area contributed by atoms with Crippen molar-refractivity contribution in [2.75, 3.05) is 26.3 Å². The number of benzene rings is 2. The molecule has 2 heterocycles. The second-order valence-corrected chi connectivity index (χ2v) is 5.62. The van der Waals surface area contributed by atoms with E-state index in [1.165, 1.54) is 11.1 Å². The molecule has 0 N–H and O–H groups in total. The third-order valence-electron chi connectivity index (χ3n) is 4.22. The lowest BCUT2D eigenvalue weighted by Crippen LogP contribution is -2.47. The fourth-order valence-electron chi connectivity index (χ4n) is 3.07. The van der Waals surface area contributed by atoms with Gasteiger partial charge < -0.3 is 9.47 Å². The number of rotatable bonds is 2. The van der Waals surface area contributed by atoms with Crippen molar-refractivity contribution in [1.29, 1.82) is 0 Å². The second kappa shape index (κ2) is 5.95. The van der Waals surface area contributed by atoms with Crippen LogP contribution in [0.25, 0.3) is 11.6 Å². The molecule has 1 atom stereocenters. The summed E-state index contributed by atoms with van der Waals surface area (Å²) in [5.74, 6) is 0.957. The quantitative estimate of drug-likeness (QED) is 0.848. The van der Waals surface area contributed by atoms with Crippen molar-refractivity contribution in [3.63, 3.8) is 0 Å². The van der Waals surface area contributed by atoms with Gasteiger partial charge in [0, 0.05) is 24.2 Å². The van der Waals surface area contributed by atoms with Crippen molar-refractivity contribution >= 4 is 11.6 Å². The first-order chi connectivity index (χ1) is 10.9. The van der Waals surface area contributed by atoms with Gasteiger partial charge in [-0.3, -0.25) is 4.90 Å². The molecule has 0 amide bonds. The normalized spacial score (nSPS) is 21.6. The Morgan fingerprint density at radius 3 is 2.41 bits per heavy atom. The minimum absolute atomic E-state index is 0.0406. The van der Waals surface area contributed by atoms with Crippen LogP contribution in [0.15, 0.2) is 54.6 Å². The molecule has 0 saturated carbocycles. The molecule has 3 heteroatoms. The predicted molar refractivity (Wildman–Crippen MR) is 87.6 cm³/mol. The molecule has 22 heavy (non-hydrogen) atoms. The summed E-state index contributed by atoms with van der Waals surface area (Å²) in [6, 6.07) is 18.7. The highest BCUT2D eigenvalue weighted by atomic mass is 16.5. The Balaban J connectivity index is 1.76. The van der Waals surface area contributed by atoms with Crippen molar-refractivity contribution < 1.29 is 9.47 Å². The van der Waals surface area contributed by atoms with Crippen molar-refractivity contribution in [1.82, 2.24) is 4.90 Å². The number of hydrogen-bond donors (Lipinski definition) is 0. The Bertz CT molecular complexity index is 675. The second-order valence-electron chi connectivity index (χ2n) is 5.62. The fourth-order valence-corrected chi connectivity index (χ4v) is 3.07. The molecule has 0 aromatic heterocycles. The molecule has 0 unspecified atom stereocenters. The zero-order valence-corrected chi connectivity index (χ0v) is 12.4. The Morgan fingerprint density at radius 2 is 1.59 bits per heavy atom. The lowest BCUT2D eigenvalue weighted by atomic mass is 9.97. The van der Waals surface area contributed by atoms with E-state index in [4.69, 9.17) is 9.47 Å². The van der Waals surface area contributed by atoms with Crippen LogP contribution >= 0.6 is 0 Å². The minimum atomic E-state index is -0.0406. The number of para-hydroxylation sites is 1. The molecule has 4 rings (SSSR count). The standard InChI is InChI=1S/C19H19NO2/c1-2-6-15(7-3-1)17-14-16-8-4-5-9-18(16)22-19(17)20-10-12-21-13-11-20/h1-9,14,19H,10-13H2/t19-/m1/s1. The summed E-state index contributed by atoms with van der Waals surface area (Å²) >= 11 is 0. The zero-order valence-electron chi connectivity index (χ0n) is 12.4. The summed E-state index contributed by atoms with van der Waals surface area (Å²) in [6.45, 7) is 3.33. The molecular weight excluding hydrogens is 274 g/mol. The molecule has 0 radical (unpaired) electrons. The lowest BCUT2D eigenvalue weighted by Gasteiger charge is -2.38. The number of fused-ring (bicyclic) bond motifs is 1. The van der Waals surface area contributed by atoms with Crippen LogP contribution in [0.5, 0.6) is 5.75 Å². The van der Waals surface area contributed by atoms with Crippen LogP contribution in [-0.4, -0.2) is 37.4 Å². The molecule has 0 bridgehead atoms. The average molecular weight is 293 g/mol. The number of ether oxygens (including phenoxy) is 2. The van der Waals surface area contributed by atoms with Gasteiger partial charge in [0.15, 0.2) is 6.23 Å². The molecular formula is C19H19NO2. The smallest absolute Gasteiger partial charge is 0.179 e. The van der Waals surface area contributed by atoms with Crippen LogP contribution in [0.3, 0.4) is 0 Å². The van der Waals surface area contributed by atoms with Crippen LogP contribution in [0.2, 0.25) is 0 Å². The third-order valence-corrected chi connectivity index (χ3v) is 4.22. The lowest BCUT2D eigenvalue weighted by molar-refractivity contribution is -0.0219. The van der Waals surface area contributed by atoms with Gasteiger partial charge in [0.05, 0.1) is 13.2 Å². The molecule has 2 aliphatic rings. The topological polar surface area (TPSA) is 21.7 Å². The van der Waals surface area contributed by atoms with Gasteiger partial charge in [-0.05, 0) is 17.7 Å². The molecule has 0 spiro atoms. The monoisotopic (exact) mass is 293 g/mol. The summed E-state index contributed by atoms with van der Waals surface area (Å²) in [5, 5.41) is 0. The van der Waals surface area contributed by atoms with E-state index in [1.807, 2.05) is 18.2 Å². The van der Waals surface area contributed by atoms with E-state index < -0.39 is 0 Å². The van der Waals surface area contributed by atoms with Crippen LogP contribution in [-0.2, 0) is 4.74 Å². The maximum Gasteiger partial charge on any atom is 0.179 e.